The molecule has 0 unspecified atom stereocenters. The first kappa shape index (κ1) is 22.3. The molecule has 0 atom stereocenters. The third kappa shape index (κ3) is 14.6. The molecule has 0 saturated heterocycles. The SMILES string of the molecule is CCOC(OCC)[Si]CSSSC[Si]C(OCC)OCC. The molecular weight excluding hydrogens is 361 g/mol. The molecule has 0 fully saturated rings. The summed E-state index contributed by atoms with van der Waals surface area (Å²) in [6.07, 6.45) is 0. The van der Waals surface area contributed by atoms with Crippen molar-refractivity contribution in [1.29, 1.82) is 0 Å². The summed E-state index contributed by atoms with van der Waals surface area (Å²) in [4.78, 5) is 0. The molecular formula is C12H26O4S3Si2. The summed E-state index contributed by atoms with van der Waals surface area (Å²) >= 11 is 0. The van der Waals surface area contributed by atoms with Crippen molar-refractivity contribution in [3.05, 3.63) is 0 Å². The first-order valence-electron chi connectivity index (χ1n) is 7.12. The Morgan fingerprint density at radius 2 is 1.00 bits per heavy atom. The fourth-order valence-corrected chi connectivity index (χ4v) is 9.95. The summed E-state index contributed by atoms with van der Waals surface area (Å²) in [5.41, 5.74) is 0. The Balaban J connectivity index is 3.48. The van der Waals surface area contributed by atoms with Crippen molar-refractivity contribution in [2.24, 2.45) is 0 Å². The molecule has 0 aromatic carbocycles. The van der Waals surface area contributed by atoms with Gasteiger partial charge in [-0.2, -0.15) is 0 Å². The molecule has 0 saturated carbocycles. The molecule has 0 bridgehead atoms. The largest absolute Gasteiger partial charge is 0.357 e. The fraction of sp³-hybridized carbons (Fsp3) is 1.00. The van der Waals surface area contributed by atoms with Gasteiger partial charge < -0.3 is 18.9 Å². The number of hydrogen-bond donors (Lipinski definition) is 0. The third-order valence-corrected chi connectivity index (χ3v) is 10.2. The van der Waals surface area contributed by atoms with Gasteiger partial charge in [0.15, 0.2) is 0 Å². The van der Waals surface area contributed by atoms with Crippen molar-refractivity contribution in [2.45, 2.75) is 39.5 Å². The van der Waals surface area contributed by atoms with E-state index in [2.05, 4.69) is 0 Å². The summed E-state index contributed by atoms with van der Waals surface area (Å²) in [5.74, 6) is -0.0551. The number of rotatable bonds is 16. The lowest BCUT2D eigenvalue weighted by Crippen LogP contribution is -2.26. The van der Waals surface area contributed by atoms with Gasteiger partial charge in [-0.3, -0.25) is 0 Å². The quantitative estimate of drug-likeness (QED) is 0.175. The minimum Gasteiger partial charge on any atom is -0.357 e. The summed E-state index contributed by atoms with van der Waals surface area (Å²) in [6.45, 7) is 10.8. The summed E-state index contributed by atoms with van der Waals surface area (Å²) in [6, 6.07) is 0. The Morgan fingerprint density at radius 1 is 0.667 bits per heavy atom. The molecule has 0 aromatic rings. The molecule has 4 nitrogen and oxygen atoms in total. The zero-order valence-electron chi connectivity index (χ0n) is 13.3. The molecule has 9 heteroatoms. The molecule has 0 aromatic heterocycles. The molecule has 0 N–H and O–H groups in total. The van der Waals surface area contributed by atoms with Gasteiger partial charge in [-0.05, 0) is 37.5 Å². The van der Waals surface area contributed by atoms with Gasteiger partial charge >= 0.3 is 0 Å². The van der Waals surface area contributed by atoms with Gasteiger partial charge in [0.1, 0.15) is 30.9 Å². The molecule has 4 radical (unpaired) electrons. The first-order valence-corrected chi connectivity index (χ1v) is 13.5. The maximum atomic E-state index is 5.52. The van der Waals surface area contributed by atoms with E-state index in [1.54, 1.807) is 0 Å². The molecule has 0 aliphatic heterocycles. The van der Waals surface area contributed by atoms with E-state index < -0.39 is 0 Å². The van der Waals surface area contributed by atoms with Crippen LogP contribution in [0.25, 0.3) is 0 Å². The highest BCUT2D eigenvalue weighted by molar-refractivity contribution is 9.09. The van der Waals surface area contributed by atoms with Gasteiger partial charge in [0, 0.05) is 37.2 Å². The van der Waals surface area contributed by atoms with E-state index >= 15 is 0 Å². The van der Waals surface area contributed by atoms with Crippen LogP contribution in [0.2, 0.25) is 0 Å². The highest BCUT2D eigenvalue weighted by Gasteiger charge is 2.10. The van der Waals surface area contributed by atoms with Gasteiger partial charge in [-0.1, -0.05) is 21.6 Å². The van der Waals surface area contributed by atoms with Crippen LogP contribution in [0.5, 0.6) is 0 Å². The van der Waals surface area contributed by atoms with Gasteiger partial charge in [0.25, 0.3) is 0 Å². The van der Waals surface area contributed by atoms with Gasteiger partial charge in [-0.25, -0.2) is 0 Å². The van der Waals surface area contributed by atoms with Crippen molar-refractivity contribution in [1.82, 2.24) is 0 Å². The fourth-order valence-electron chi connectivity index (χ4n) is 1.22. The van der Waals surface area contributed by atoms with E-state index in [1.165, 1.54) is 0 Å². The molecule has 124 valence electrons. The van der Waals surface area contributed by atoms with Crippen LogP contribution in [-0.4, -0.2) is 68.0 Å². The van der Waals surface area contributed by atoms with Crippen LogP contribution in [0.15, 0.2) is 0 Å². The molecule has 0 rings (SSSR count). The molecule has 0 aliphatic carbocycles. The lowest BCUT2D eigenvalue weighted by molar-refractivity contribution is -0.0826. The molecule has 0 spiro atoms. The minimum absolute atomic E-state index is 0.0275. The van der Waals surface area contributed by atoms with E-state index in [4.69, 9.17) is 18.9 Å². The van der Waals surface area contributed by atoms with Gasteiger partial charge in [0.05, 0.1) is 0 Å². The second-order valence-corrected chi connectivity index (χ2v) is 11.2. The summed E-state index contributed by atoms with van der Waals surface area (Å²) in [5, 5.41) is 2.12. The van der Waals surface area contributed by atoms with E-state index in [9.17, 15) is 0 Å². The van der Waals surface area contributed by atoms with Crippen LogP contribution in [0, 0.1) is 0 Å². The monoisotopic (exact) mass is 386 g/mol. The normalized spacial score (nSPS) is 11.7. The van der Waals surface area contributed by atoms with Gasteiger partial charge in [-0.15, -0.1) is 0 Å². The van der Waals surface area contributed by atoms with Gasteiger partial charge in [0.2, 0.25) is 0 Å². The predicted molar refractivity (Wildman–Crippen MR) is 98.1 cm³/mol. The standard InChI is InChI=1S/C12H26O4S3Si2/c1-5-13-11(14-6-2)20-9-17-19-18-10-21-12(15-7-3)16-8-4/h11-12H,5-10H2,1-4H3. The van der Waals surface area contributed by atoms with Crippen molar-refractivity contribution in [2.75, 3.05) is 37.2 Å². The zero-order valence-corrected chi connectivity index (χ0v) is 17.7. The average Bonchev–Trinajstić information content (AvgIpc) is 2.47. The van der Waals surface area contributed by atoms with Crippen molar-refractivity contribution in [3.8, 4) is 0 Å². The van der Waals surface area contributed by atoms with E-state index in [0.29, 0.717) is 45.5 Å². The molecule has 0 amide bonds. The molecule has 21 heavy (non-hydrogen) atoms. The predicted octanol–water partition coefficient (Wildman–Crippen LogP) is 3.05. The van der Waals surface area contributed by atoms with Crippen LogP contribution in [0.1, 0.15) is 27.7 Å². The Kier molecular flexibility index (Phi) is 18.8. The maximum Gasteiger partial charge on any atom is 0.138 e. The van der Waals surface area contributed by atoms with Crippen LogP contribution in [-0.2, 0) is 18.9 Å². The van der Waals surface area contributed by atoms with Crippen molar-refractivity contribution in [3.63, 3.8) is 0 Å². The molecule has 0 heterocycles. The second kappa shape index (κ2) is 17.7. The Bertz CT molecular complexity index is 187. The zero-order chi connectivity index (χ0) is 15.8. The Labute approximate surface area is 146 Å². The van der Waals surface area contributed by atoms with E-state index in [0.717, 1.165) is 10.8 Å². The molecule has 0 aliphatic rings. The van der Waals surface area contributed by atoms with Crippen LogP contribution >= 0.6 is 31.4 Å². The van der Waals surface area contributed by atoms with Crippen LogP contribution in [0.4, 0.5) is 0 Å². The minimum atomic E-state index is -0.0275. The van der Waals surface area contributed by atoms with Crippen LogP contribution in [0.3, 0.4) is 0 Å². The maximum absolute atomic E-state index is 5.52. The summed E-state index contributed by atoms with van der Waals surface area (Å²) in [7, 11) is 6.93. The number of ether oxygens (including phenoxy) is 4. The Morgan fingerprint density at radius 3 is 1.29 bits per heavy atom. The lowest BCUT2D eigenvalue weighted by Gasteiger charge is -2.16. The highest BCUT2D eigenvalue weighted by Crippen LogP contribution is 2.33. The smallest absolute Gasteiger partial charge is 0.138 e. The third-order valence-electron chi connectivity index (χ3n) is 1.99. The Hall–Kier alpha value is 1.32. The number of hydrogen-bond acceptors (Lipinski definition) is 7. The lowest BCUT2D eigenvalue weighted by atomic mass is 10.9. The topological polar surface area (TPSA) is 36.9 Å². The van der Waals surface area contributed by atoms with E-state index in [-0.39, 0.29) is 11.8 Å². The van der Waals surface area contributed by atoms with E-state index in [1.807, 2.05) is 59.1 Å². The summed E-state index contributed by atoms with van der Waals surface area (Å²) < 4.78 is 22.1. The van der Waals surface area contributed by atoms with Crippen molar-refractivity contribution < 1.29 is 18.9 Å². The second-order valence-electron chi connectivity index (χ2n) is 3.49. The first-order chi connectivity index (χ1) is 10.3. The van der Waals surface area contributed by atoms with Crippen molar-refractivity contribution >= 4 is 50.5 Å². The average molecular weight is 387 g/mol. The van der Waals surface area contributed by atoms with Crippen LogP contribution < -0.4 is 0 Å². The highest BCUT2D eigenvalue weighted by atomic mass is 33.5.